The SMILES string of the molecule is COC(=O)C1=CC(=O)C(C)(c2cccc(C)c2)O1. The maximum Gasteiger partial charge on any atom is 0.373 e. The number of carbonyl (C=O) groups excluding carboxylic acids is 2. The zero-order chi connectivity index (χ0) is 13.3. The monoisotopic (exact) mass is 246 g/mol. The quantitative estimate of drug-likeness (QED) is 0.747. The molecule has 1 aromatic rings. The molecule has 0 aliphatic carbocycles. The summed E-state index contributed by atoms with van der Waals surface area (Å²) in [5.74, 6) is -0.945. The Hall–Kier alpha value is -2.10. The number of hydrogen-bond acceptors (Lipinski definition) is 4. The van der Waals surface area contributed by atoms with E-state index in [2.05, 4.69) is 4.74 Å². The van der Waals surface area contributed by atoms with Crippen LogP contribution < -0.4 is 0 Å². The van der Waals surface area contributed by atoms with Crippen LogP contribution in [0.15, 0.2) is 36.1 Å². The maximum atomic E-state index is 12.0. The molecule has 94 valence electrons. The normalized spacial score (nSPS) is 22.4. The minimum atomic E-state index is -1.14. The third kappa shape index (κ3) is 1.90. The number of ether oxygens (including phenoxy) is 2. The van der Waals surface area contributed by atoms with Gasteiger partial charge >= 0.3 is 5.97 Å². The second-order valence-corrected chi connectivity index (χ2v) is 4.37. The van der Waals surface area contributed by atoms with Crippen molar-refractivity contribution < 1.29 is 19.1 Å². The molecule has 0 N–H and O–H groups in total. The summed E-state index contributed by atoms with van der Waals surface area (Å²) in [5.41, 5.74) is 0.606. The van der Waals surface area contributed by atoms with Crippen LogP contribution in [-0.4, -0.2) is 18.9 Å². The Kier molecular flexibility index (Phi) is 2.95. The summed E-state index contributed by atoms with van der Waals surface area (Å²) >= 11 is 0. The highest BCUT2D eigenvalue weighted by Crippen LogP contribution is 2.35. The van der Waals surface area contributed by atoms with Crippen molar-refractivity contribution in [3.05, 3.63) is 47.2 Å². The Balaban J connectivity index is 2.36. The van der Waals surface area contributed by atoms with E-state index in [4.69, 9.17) is 4.74 Å². The van der Waals surface area contributed by atoms with Gasteiger partial charge in [-0.15, -0.1) is 0 Å². The summed E-state index contributed by atoms with van der Waals surface area (Å²) < 4.78 is 10.0. The highest BCUT2D eigenvalue weighted by molar-refractivity contribution is 6.06. The molecule has 0 bridgehead atoms. The molecular weight excluding hydrogens is 232 g/mol. The Morgan fingerprint density at radius 3 is 2.72 bits per heavy atom. The van der Waals surface area contributed by atoms with Crippen LogP contribution in [0.1, 0.15) is 18.1 Å². The number of methoxy groups -OCH3 is 1. The van der Waals surface area contributed by atoms with Gasteiger partial charge in [-0.1, -0.05) is 29.8 Å². The molecule has 4 heteroatoms. The van der Waals surface area contributed by atoms with E-state index >= 15 is 0 Å². The first-order chi connectivity index (χ1) is 8.47. The average molecular weight is 246 g/mol. The number of carbonyl (C=O) groups is 2. The first-order valence-corrected chi connectivity index (χ1v) is 5.58. The summed E-state index contributed by atoms with van der Waals surface area (Å²) in [5, 5.41) is 0. The van der Waals surface area contributed by atoms with Crippen LogP contribution in [-0.2, 0) is 24.7 Å². The molecule has 18 heavy (non-hydrogen) atoms. The molecule has 1 aliphatic rings. The predicted octanol–water partition coefficient (Wildman–Crippen LogP) is 1.87. The van der Waals surface area contributed by atoms with Gasteiger partial charge in [-0.3, -0.25) is 4.79 Å². The highest BCUT2D eigenvalue weighted by Gasteiger charge is 2.44. The summed E-state index contributed by atoms with van der Waals surface area (Å²) in [7, 11) is 1.25. The van der Waals surface area contributed by atoms with Crippen molar-refractivity contribution in [2.45, 2.75) is 19.4 Å². The van der Waals surface area contributed by atoms with Crippen LogP contribution in [0, 0.1) is 6.92 Å². The van der Waals surface area contributed by atoms with Crippen molar-refractivity contribution >= 4 is 11.8 Å². The lowest BCUT2D eigenvalue weighted by molar-refractivity contribution is -0.144. The minimum Gasteiger partial charge on any atom is -0.467 e. The summed E-state index contributed by atoms with van der Waals surface area (Å²) in [6.07, 6.45) is 1.19. The summed E-state index contributed by atoms with van der Waals surface area (Å²) in [6, 6.07) is 7.45. The molecule has 0 saturated heterocycles. The van der Waals surface area contributed by atoms with Gasteiger partial charge in [0.1, 0.15) is 0 Å². The minimum absolute atomic E-state index is 0.0495. The smallest absolute Gasteiger partial charge is 0.373 e. The predicted molar refractivity (Wildman–Crippen MR) is 64.7 cm³/mol. The molecule has 1 aliphatic heterocycles. The molecule has 1 heterocycles. The lowest BCUT2D eigenvalue weighted by Crippen LogP contribution is -2.30. The second kappa shape index (κ2) is 4.29. The number of benzene rings is 1. The fraction of sp³-hybridized carbons (Fsp3) is 0.286. The van der Waals surface area contributed by atoms with Gasteiger partial charge in [0.05, 0.1) is 7.11 Å². The van der Waals surface area contributed by atoms with Crippen LogP contribution in [0.5, 0.6) is 0 Å². The van der Waals surface area contributed by atoms with Crippen LogP contribution in [0.2, 0.25) is 0 Å². The van der Waals surface area contributed by atoms with Gasteiger partial charge in [0, 0.05) is 11.6 Å². The van der Waals surface area contributed by atoms with E-state index in [1.165, 1.54) is 13.2 Å². The molecule has 2 rings (SSSR count). The molecule has 0 saturated carbocycles. The Labute approximate surface area is 105 Å². The van der Waals surface area contributed by atoms with Crippen LogP contribution in [0.3, 0.4) is 0 Å². The zero-order valence-electron chi connectivity index (χ0n) is 10.5. The molecule has 0 spiro atoms. The van der Waals surface area contributed by atoms with Crippen molar-refractivity contribution in [1.82, 2.24) is 0 Å². The molecule has 1 atom stereocenters. The van der Waals surface area contributed by atoms with Gasteiger partial charge in [-0.2, -0.15) is 0 Å². The average Bonchev–Trinajstić information content (AvgIpc) is 2.66. The lowest BCUT2D eigenvalue weighted by atomic mass is 9.91. The van der Waals surface area contributed by atoms with Gasteiger partial charge in [-0.05, 0) is 13.8 Å². The Morgan fingerprint density at radius 2 is 2.11 bits per heavy atom. The van der Waals surface area contributed by atoms with Gasteiger partial charge in [0.25, 0.3) is 0 Å². The Morgan fingerprint density at radius 1 is 1.39 bits per heavy atom. The first kappa shape index (κ1) is 12.4. The number of hydrogen-bond donors (Lipinski definition) is 0. The number of ketones is 1. The van der Waals surface area contributed by atoms with E-state index in [0.29, 0.717) is 0 Å². The molecule has 1 aromatic carbocycles. The maximum absolute atomic E-state index is 12.0. The summed E-state index contributed by atoms with van der Waals surface area (Å²) in [6.45, 7) is 3.58. The standard InChI is InChI=1S/C14H14O4/c1-9-5-4-6-10(7-9)14(2)12(15)8-11(18-14)13(16)17-3/h4-8H,1-3H3. The van der Waals surface area contributed by atoms with E-state index in [-0.39, 0.29) is 11.5 Å². The number of aryl methyl sites for hydroxylation is 1. The lowest BCUT2D eigenvalue weighted by Gasteiger charge is -2.24. The van der Waals surface area contributed by atoms with Gasteiger partial charge in [0.15, 0.2) is 5.60 Å². The summed E-state index contributed by atoms with van der Waals surface area (Å²) in [4.78, 5) is 23.4. The second-order valence-electron chi connectivity index (χ2n) is 4.37. The van der Waals surface area contributed by atoms with E-state index < -0.39 is 11.6 Å². The molecule has 1 unspecified atom stereocenters. The highest BCUT2D eigenvalue weighted by atomic mass is 16.6. The van der Waals surface area contributed by atoms with Gasteiger partial charge in [0.2, 0.25) is 11.5 Å². The number of rotatable bonds is 2. The van der Waals surface area contributed by atoms with Crippen molar-refractivity contribution in [3.63, 3.8) is 0 Å². The van der Waals surface area contributed by atoms with E-state index in [1.54, 1.807) is 13.0 Å². The van der Waals surface area contributed by atoms with Crippen LogP contribution in [0.25, 0.3) is 0 Å². The topological polar surface area (TPSA) is 52.6 Å². The van der Waals surface area contributed by atoms with Crippen LogP contribution in [0.4, 0.5) is 0 Å². The molecule has 0 amide bonds. The van der Waals surface area contributed by atoms with Gasteiger partial charge in [-0.25, -0.2) is 4.79 Å². The molecule has 4 nitrogen and oxygen atoms in total. The Bertz CT molecular complexity index is 544. The largest absolute Gasteiger partial charge is 0.467 e. The molecule has 0 fully saturated rings. The van der Waals surface area contributed by atoms with Crippen molar-refractivity contribution in [2.75, 3.05) is 7.11 Å². The van der Waals surface area contributed by atoms with E-state index in [9.17, 15) is 9.59 Å². The molecule has 0 radical (unpaired) electrons. The third-order valence-electron chi connectivity index (χ3n) is 3.00. The van der Waals surface area contributed by atoms with Gasteiger partial charge < -0.3 is 9.47 Å². The van der Waals surface area contributed by atoms with Crippen molar-refractivity contribution in [3.8, 4) is 0 Å². The van der Waals surface area contributed by atoms with E-state index in [0.717, 1.165) is 11.1 Å². The van der Waals surface area contributed by atoms with E-state index in [1.807, 2.05) is 25.1 Å². The van der Waals surface area contributed by atoms with Crippen LogP contribution >= 0.6 is 0 Å². The zero-order valence-corrected chi connectivity index (χ0v) is 10.5. The first-order valence-electron chi connectivity index (χ1n) is 5.58. The fourth-order valence-electron chi connectivity index (χ4n) is 1.90. The van der Waals surface area contributed by atoms with Crippen molar-refractivity contribution in [2.24, 2.45) is 0 Å². The third-order valence-corrected chi connectivity index (χ3v) is 3.00. The molecular formula is C14H14O4. The number of esters is 1. The van der Waals surface area contributed by atoms with Crippen molar-refractivity contribution in [1.29, 1.82) is 0 Å². The molecule has 0 aromatic heterocycles. The fourth-order valence-corrected chi connectivity index (χ4v) is 1.90.